The lowest BCUT2D eigenvalue weighted by molar-refractivity contribution is -0.0163. The molecule has 1 aromatic rings. The van der Waals surface area contributed by atoms with Gasteiger partial charge in [-0.2, -0.15) is 0 Å². The smallest absolute Gasteiger partial charge is 0.124 e. The van der Waals surface area contributed by atoms with Crippen LogP contribution in [-0.4, -0.2) is 30.6 Å². The van der Waals surface area contributed by atoms with Crippen molar-refractivity contribution in [2.75, 3.05) is 20.1 Å². The van der Waals surface area contributed by atoms with E-state index >= 15 is 0 Å². The predicted octanol–water partition coefficient (Wildman–Crippen LogP) is 1.93. The minimum absolute atomic E-state index is 0.0136. The Morgan fingerprint density at radius 2 is 2.00 bits per heavy atom. The summed E-state index contributed by atoms with van der Waals surface area (Å²) in [7, 11) is 2.17. The Kier molecular flexibility index (Phi) is 2.60. The monoisotopic (exact) mass is 232 g/mol. The SMILES string of the molecule is CN1CCC2(CC1)C[C@H](N)c1ccccc1O2. The van der Waals surface area contributed by atoms with Crippen LogP contribution in [0.4, 0.5) is 0 Å². The van der Waals surface area contributed by atoms with Crippen LogP contribution >= 0.6 is 0 Å². The summed E-state index contributed by atoms with van der Waals surface area (Å²) < 4.78 is 6.27. The van der Waals surface area contributed by atoms with Gasteiger partial charge in [-0.05, 0) is 26.0 Å². The van der Waals surface area contributed by atoms with Gasteiger partial charge in [-0.1, -0.05) is 18.2 Å². The Labute approximate surface area is 103 Å². The zero-order chi connectivity index (χ0) is 11.9. The average Bonchev–Trinajstić information content (AvgIpc) is 2.34. The summed E-state index contributed by atoms with van der Waals surface area (Å²) in [6.45, 7) is 2.21. The first kappa shape index (κ1) is 11.1. The maximum atomic E-state index is 6.29. The zero-order valence-electron chi connectivity index (χ0n) is 10.4. The van der Waals surface area contributed by atoms with Gasteiger partial charge in [-0.3, -0.25) is 0 Å². The Morgan fingerprint density at radius 3 is 2.76 bits per heavy atom. The molecule has 3 heteroatoms. The van der Waals surface area contributed by atoms with Gasteiger partial charge in [0.15, 0.2) is 0 Å². The van der Waals surface area contributed by atoms with E-state index in [1.54, 1.807) is 0 Å². The molecule has 0 aliphatic carbocycles. The largest absolute Gasteiger partial charge is 0.487 e. The van der Waals surface area contributed by atoms with Crippen LogP contribution in [0.25, 0.3) is 0 Å². The van der Waals surface area contributed by atoms with Crippen LogP contribution in [0.1, 0.15) is 30.9 Å². The van der Waals surface area contributed by atoms with Gasteiger partial charge < -0.3 is 15.4 Å². The quantitative estimate of drug-likeness (QED) is 0.743. The minimum atomic E-state index is -0.0136. The van der Waals surface area contributed by atoms with Crippen LogP contribution in [0.3, 0.4) is 0 Å². The van der Waals surface area contributed by atoms with E-state index in [4.69, 9.17) is 10.5 Å². The fourth-order valence-electron chi connectivity index (χ4n) is 3.00. The summed E-state index contributed by atoms with van der Waals surface area (Å²) in [4.78, 5) is 2.36. The molecule has 2 N–H and O–H groups in total. The molecule has 2 heterocycles. The van der Waals surface area contributed by atoms with Crippen molar-refractivity contribution < 1.29 is 4.74 Å². The first-order valence-electron chi connectivity index (χ1n) is 6.41. The number of piperidine rings is 1. The van der Waals surface area contributed by atoms with E-state index < -0.39 is 0 Å². The lowest BCUT2D eigenvalue weighted by Crippen LogP contribution is -2.50. The first-order valence-corrected chi connectivity index (χ1v) is 6.41. The van der Waals surface area contributed by atoms with E-state index in [1.165, 1.54) is 0 Å². The fraction of sp³-hybridized carbons (Fsp3) is 0.571. The van der Waals surface area contributed by atoms with Crippen molar-refractivity contribution in [3.8, 4) is 5.75 Å². The van der Waals surface area contributed by atoms with Crippen molar-refractivity contribution in [3.05, 3.63) is 29.8 Å². The summed E-state index contributed by atoms with van der Waals surface area (Å²) in [5.74, 6) is 0.996. The molecule has 1 fully saturated rings. The Hall–Kier alpha value is -1.06. The van der Waals surface area contributed by atoms with Crippen molar-refractivity contribution in [3.63, 3.8) is 0 Å². The van der Waals surface area contributed by atoms with Gasteiger partial charge in [0.05, 0.1) is 0 Å². The van der Waals surface area contributed by atoms with Crippen LogP contribution in [0.5, 0.6) is 5.75 Å². The number of hydrogen-bond acceptors (Lipinski definition) is 3. The molecule has 92 valence electrons. The minimum Gasteiger partial charge on any atom is -0.487 e. The van der Waals surface area contributed by atoms with Gasteiger partial charge in [-0.15, -0.1) is 0 Å². The summed E-state index contributed by atoms with van der Waals surface area (Å²) >= 11 is 0. The summed E-state index contributed by atoms with van der Waals surface area (Å²) in [5.41, 5.74) is 7.44. The van der Waals surface area contributed by atoms with Crippen molar-refractivity contribution in [2.45, 2.75) is 30.9 Å². The molecule has 1 aromatic carbocycles. The molecule has 0 aromatic heterocycles. The molecule has 0 unspecified atom stereocenters. The number of para-hydroxylation sites is 1. The molecule has 0 amide bonds. The summed E-state index contributed by atoms with van der Waals surface area (Å²) in [6, 6.07) is 8.33. The number of rotatable bonds is 0. The highest BCUT2D eigenvalue weighted by atomic mass is 16.5. The third kappa shape index (κ3) is 1.94. The van der Waals surface area contributed by atoms with E-state index in [9.17, 15) is 0 Å². The van der Waals surface area contributed by atoms with Gasteiger partial charge in [0.2, 0.25) is 0 Å². The first-order chi connectivity index (χ1) is 8.19. The van der Waals surface area contributed by atoms with E-state index in [0.717, 1.165) is 43.7 Å². The lowest BCUT2D eigenvalue weighted by atomic mass is 9.81. The number of hydrogen-bond donors (Lipinski definition) is 1. The number of fused-ring (bicyclic) bond motifs is 1. The van der Waals surface area contributed by atoms with E-state index in [-0.39, 0.29) is 11.6 Å². The number of ether oxygens (including phenoxy) is 1. The Balaban J connectivity index is 1.88. The van der Waals surface area contributed by atoms with Crippen LogP contribution in [-0.2, 0) is 0 Å². The highest BCUT2D eigenvalue weighted by Gasteiger charge is 2.41. The molecule has 0 saturated carbocycles. The maximum Gasteiger partial charge on any atom is 0.124 e. The summed E-state index contributed by atoms with van der Waals surface area (Å²) in [6.07, 6.45) is 3.13. The average molecular weight is 232 g/mol. The molecular formula is C14H20N2O. The molecule has 3 nitrogen and oxygen atoms in total. The highest BCUT2D eigenvalue weighted by molar-refractivity contribution is 5.38. The standard InChI is InChI=1S/C14H20N2O/c1-16-8-6-14(7-9-16)10-12(15)11-4-2-3-5-13(11)17-14/h2-5,12H,6-10,15H2,1H3/t12-/m0/s1. The van der Waals surface area contributed by atoms with Crippen LogP contribution in [0.2, 0.25) is 0 Å². The van der Waals surface area contributed by atoms with Gasteiger partial charge in [-0.25, -0.2) is 0 Å². The van der Waals surface area contributed by atoms with Crippen molar-refractivity contribution in [1.82, 2.24) is 4.90 Å². The number of nitrogens with two attached hydrogens (primary N) is 1. The van der Waals surface area contributed by atoms with Crippen molar-refractivity contribution >= 4 is 0 Å². The van der Waals surface area contributed by atoms with Gasteiger partial charge in [0.1, 0.15) is 11.4 Å². The molecule has 2 aliphatic heterocycles. The van der Waals surface area contributed by atoms with Crippen molar-refractivity contribution in [1.29, 1.82) is 0 Å². The van der Waals surface area contributed by atoms with Crippen LogP contribution in [0.15, 0.2) is 24.3 Å². The molecule has 1 saturated heterocycles. The number of benzene rings is 1. The second kappa shape index (κ2) is 4.00. The van der Waals surface area contributed by atoms with Crippen molar-refractivity contribution in [2.24, 2.45) is 5.73 Å². The molecule has 0 radical (unpaired) electrons. The molecule has 0 bridgehead atoms. The normalized spacial score (nSPS) is 27.5. The van der Waals surface area contributed by atoms with Crippen LogP contribution < -0.4 is 10.5 Å². The third-order valence-electron chi connectivity index (χ3n) is 4.14. The number of likely N-dealkylation sites (tertiary alicyclic amines) is 1. The van der Waals surface area contributed by atoms with E-state index in [0.29, 0.717) is 0 Å². The predicted molar refractivity (Wildman–Crippen MR) is 68.1 cm³/mol. The molecule has 17 heavy (non-hydrogen) atoms. The lowest BCUT2D eigenvalue weighted by Gasteiger charge is -2.45. The Morgan fingerprint density at radius 1 is 1.29 bits per heavy atom. The van der Waals surface area contributed by atoms with E-state index in [1.807, 2.05) is 12.1 Å². The fourth-order valence-corrected chi connectivity index (χ4v) is 3.00. The zero-order valence-corrected chi connectivity index (χ0v) is 10.4. The Bertz CT molecular complexity index is 410. The maximum absolute atomic E-state index is 6.29. The van der Waals surface area contributed by atoms with E-state index in [2.05, 4.69) is 24.1 Å². The molecule has 3 rings (SSSR count). The molecule has 1 atom stereocenters. The highest BCUT2D eigenvalue weighted by Crippen LogP contribution is 2.42. The van der Waals surface area contributed by atoms with Gasteiger partial charge in [0.25, 0.3) is 0 Å². The summed E-state index contributed by atoms with van der Waals surface area (Å²) in [5, 5.41) is 0. The second-order valence-corrected chi connectivity index (χ2v) is 5.44. The van der Waals surface area contributed by atoms with Crippen LogP contribution in [0, 0.1) is 0 Å². The molecule has 1 spiro atoms. The van der Waals surface area contributed by atoms with Gasteiger partial charge in [0, 0.05) is 31.1 Å². The number of nitrogens with zero attached hydrogens (tertiary/aromatic N) is 1. The topological polar surface area (TPSA) is 38.5 Å². The van der Waals surface area contributed by atoms with Gasteiger partial charge >= 0.3 is 0 Å². The third-order valence-corrected chi connectivity index (χ3v) is 4.14. The molecular weight excluding hydrogens is 212 g/mol. The molecule has 2 aliphatic rings. The second-order valence-electron chi connectivity index (χ2n) is 5.44.